The van der Waals surface area contributed by atoms with Gasteiger partial charge in [0.05, 0.1) is 5.57 Å². The quantitative estimate of drug-likeness (QED) is 0.327. The first-order chi connectivity index (χ1) is 11.4. The van der Waals surface area contributed by atoms with E-state index in [1.807, 2.05) is 0 Å². The van der Waals surface area contributed by atoms with E-state index >= 15 is 0 Å². The summed E-state index contributed by atoms with van der Waals surface area (Å²) < 4.78 is 0. The Balaban J connectivity index is 2.18. The van der Waals surface area contributed by atoms with E-state index in [9.17, 15) is 30.3 Å². The molecule has 0 spiro atoms. The van der Waals surface area contributed by atoms with Crippen LogP contribution in [-0.4, -0.2) is 31.5 Å². The van der Waals surface area contributed by atoms with Gasteiger partial charge in [0, 0.05) is 0 Å². The monoisotopic (exact) mass is 328 g/mol. The SMILES string of the molecule is O=C(O)C(C=Cc1ccc(O)c(O)c1)=CCc1ccc(O)c(O)c1. The molecule has 2 aromatic rings. The predicted octanol–water partition coefficient (Wildman–Crippen LogP) is 2.78. The first-order valence-electron chi connectivity index (χ1n) is 7.01. The average Bonchev–Trinajstić information content (AvgIpc) is 2.53. The minimum Gasteiger partial charge on any atom is -0.504 e. The average molecular weight is 328 g/mol. The lowest BCUT2D eigenvalue weighted by molar-refractivity contribution is -0.132. The normalized spacial score (nSPS) is 11.8. The maximum atomic E-state index is 11.3. The number of carboxylic acids is 1. The zero-order valence-corrected chi connectivity index (χ0v) is 12.5. The van der Waals surface area contributed by atoms with E-state index in [1.54, 1.807) is 6.07 Å². The number of allylic oxidation sites excluding steroid dienone is 1. The predicted molar refractivity (Wildman–Crippen MR) is 88.0 cm³/mol. The fourth-order valence-corrected chi connectivity index (χ4v) is 1.98. The van der Waals surface area contributed by atoms with Crippen LogP contribution < -0.4 is 0 Å². The number of hydrogen-bond acceptors (Lipinski definition) is 5. The van der Waals surface area contributed by atoms with E-state index in [4.69, 9.17) is 0 Å². The van der Waals surface area contributed by atoms with Crippen LogP contribution >= 0.6 is 0 Å². The third-order valence-corrected chi connectivity index (χ3v) is 3.30. The van der Waals surface area contributed by atoms with Crippen molar-refractivity contribution in [2.24, 2.45) is 0 Å². The van der Waals surface area contributed by atoms with Crippen LogP contribution in [0.4, 0.5) is 0 Å². The van der Waals surface area contributed by atoms with Crippen LogP contribution in [0.1, 0.15) is 11.1 Å². The van der Waals surface area contributed by atoms with Crippen molar-refractivity contribution in [2.45, 2.75) is 6.42 Å². The molecule has 124 valence electrons. The molecule has 5 N–H and O–H groups in total. The Hall–Kier alpha value is -3.41. The number of rotatable bonds is 5. The third kappa shape index (κ3) is 4.30. The number of benzene rings is 2. The maximum Gasteiger partial charge on any atom is 0.335 e. The summed E-state index contributed by atoms with van der Waals surface area (Å²) in [4.78, 5) is 11.3. The van der Waals surface area contributed by atoms with E-state index in [-0.39, 0.29) is 35.0 Å². The number of carboxylic acid groups (broad SMARTS) is 1. The number of phenolic OH excluding ortho intramolecular Hbond substituents is 4. The van der Waals surface area contributed by atoms with Crippen molar-refractivity contribution in [2.75, 3.05) is 0 Å². The van der Waals surface area contributed by atoms with Crippen LogP contribution in [0.25, 0.3) is 6.08 Å². The van der Waals surface area contributed by atoms with E-state index in [2.05, 4.69) is 0 Å². The van der Waals surface area contributed by atoms with Crippen LogP contribution in [-0.2, 0) is 11.2 Å². The second-order valence-corrected chi connectivity index (χ2v) is 5.07. The summed E-state index contributed by atoms with van der Waals surface area (Å²) in [6.07, 6.45) is 4.58. The number of aliphatic carboxylic acids is 1. The molecule has 2 rings (SSSR count). The molecule has 0 saturated carbocycles. The standard InChI is InChI=1S/C18H16O6/c19-14-7-3-11(9-16(14)21)1-5-13(18(23)24)6-2-12-4-8-15(20)17(22)10-12/h1,3-10,19-22H,2H2,(H,23,24). The summed E-state index contributed by atoms with van der Waals surface area (Å²) in [5.74, 6) is -2.19. The van der Waals surface area contributed by atoms with Crippen molar-refractivity contribution in [1.82, 2.24) is 0 Å². The van der Waals surface area contributed by atoms with Crippen molar-refractivity contribution in [1.29, 1.82) is 0 Å². The number of phenols is 4. The Bertz CT molecular complexity index is 820. The second-order valence-electron chi connectivity index (χ2n) is 5.07. The molecular formula is C18H16O6. The van der Waals surface area contributed by atoms with Gasteiger partial charge in [0.2, 0.25) is 0 Å². The summed E-state index contributed by atoms with van der Waals surface area (Å²) in [5.41, 5.74) is 1.19. The molecule has 0 atom stereocenters. The molecule has 0 aliphatic rings. The molecule has 0 aromatic heterocycles. The smallest absolute Gasteiger partial charge is 0.335 e. The van der Waals surface area contributed by atoms with Gasteiger partial charge in [-0.3, -0.25) is 0 Å². The Kier molecular flexibility index (Phi) is 5.11. The molecule has 2 aromatic carbocycles. The molecule has 0 fully saturated rings. The summed E-state index contributed by atoms with van der Waals surface area (Å²) in [7, 11) is 0. The topological polar surface area (TPSA) is 118 Å². The van der Waals surface area contributed by atoms with Gasteiger partial charge in [-0.05, 0) is 47.9 Å². The van der Waals surface area contributed by atoms with E-state index in [0.29, 0.717) is 11.1 Å². The van der Waals surface area contributed by atoms with Crippen molar-refractivity contribution >= 4 is 12.0 Å². The fraction of sp³-hybridized carbons (Fsp3) is 0.0556. The van der Waals surface area contributed by atoms with Gasteiger partial charge in [0.25, 0.3) is 0 Å². The van der Waals surface area contributed by atoms with Gasteiger partial charge >= 0.3 is 5.97 Å². The lowest BCUT2D eigenvalue weighted by Gasteiger charge is -2.02. The summed E-state index contributed by atoms with van der Waals surface area (Å²) in [6.45, 7) is 0. The molecule has 6 heteroatoms. The van der Waals surface area contributed by atoms with E-state index in [0.717, 1.165) is 0 Å². The van der Waals surface area contributed by atoms with Crippen LogP contribution in [0.2, 0.25) is 0 Å². The molecule has 0 aliphatic heterocycles. The Morgan fingerprint density at radius 3 is 2.08 bits per heavy atom. The molecule has 0 heterocycles. The van der Waals surface area contributed by atoms with E-state index < -0.39 is 5.97 Å². The van der Waals surface area contributed by atoms with Gasteiger partial charge in [-0.25, -0.2) is 4.79 Å². The fourth-order valence-electron chi connectivity index (χ4n) is 1.98. The minimum absolute atomic E-state index is 0.0233. The number of hydrogen-bond donors (Lipinski definition) is 5. The second kappa shape index (κ2) is 7.23. The van der Waals surface area contributed by atoms with Gasteiger partial charge in [-0.15, -0.1) is 0 Å². The Morgan fingerprint density at radius 1 is 0.875 bits per heavy atom. The summed E-state index contributed by atoms with van der Waals surface area (Å²) in [5, 5.41) is 46.6. The lowest BCUT2D eigenvalue weighted by Crippen LogP contribution is -1.98. The largest absolute Gasteiger partial charge is 0.504 e. The number of carbonyl (C=O) groups is 1. The van der Waals surface area contributed by atoms with Crippen LogP contribution in [0.5, 0.6) is 23.0 Å². The summed E-state index contributed by atoms with van der Waals surface area (Å²) >= 11 is 0. The summed E-state index contributed by atoms with van der Waals surface area (Å²) in [6, 6.07) is 8.40. The molecule has 0 unspecified atom stereocenters. The van der Waals surface area contributed by atoms with Crippen molar-refractivity contribution < 1.29 is 30.3 Å². The van der Waals surface area contributed by atoms with Crippen LogP contribution in [0, 0.1) is 0 Å². The van der Waals surface area contributed by atoms with E-state index in [1.165, 1.54) is 48.6 Å². The number of aromatic hydroxyl groups is 4. The van der Waals surface area contributed by atoms with Gasteiger partial charge < -0.3 is 25.5 Å². The highest BCUT2D eigenvalue weighted by atomic mass is 16.4. The van der Waals surface area contributed by atoms with Crippen molar-refractivity contribution in [3.8, 4) is 23.0 Å². The Labute approximate surface area is 137 Å². The maximum absolute atomic E-state index is 11.3. The van der Waals surface area contributed by atoms with Crippen molar-refractivity contribution in [3.05, 3.63) is 65.3 Å². The molecule has 0 saturated heterocycles. The van der Waals surface area contributed by atoms with Crippen LogP contribution in [0.15, 0.2) is 54.1 Å². The van der Waals surface area contributed by atoms with Gasteiger partial charge in [-0.1, -0.05) is 24.3 Å². The molecule has 0 bridgehead atoms. The van der Waals surface area contributed by atoms with Crippen molar-refractivity contribution in [3.63, 3.8) is 0 Å². The highest BCUT2D eigenvalue weighted by molar-refractivity contribution is 5.91. The Morgan fingerprint density at radius 2 is 1.50 bits per heavy atom. The first kappa shape index (κ1) is 17.0. The molecule has 0 amide bonds. The highest BCUT2D eigenvalue weighted by Crippen LogP contribution is 2.26. The third-order valence-electron chi connectivity index (χ3n) is 3.30. The van der Waals surface area contributed by atoms with Gasteiger partial charge in [0.15, 0.2) is 23.0 Å². The zero-order valence-electron chi connectivity index (χ0n) is 12.5. The lowest BCUT2D eigenvalue weighted by atomic mass is 10.1. The van der Waals surface area contributed by atoms with Crippen LogP contribution in [0.3, 0.4) is 0 Å². The highest BCUT2D eigenvalue weighted by Gasteiger charge is 2.05. The van der Waals surface area contributed by atoms with Gasteiger partial charge in [-0.2, -0.15) is 0 Å². The molecule has 6 nitrogen and oxygen atoms in total. The molecule has 0 radical (unpaired) electrons. The minimum atomic E-state index is -1.13. The first-order valence-corrected chi connectivity index (χ1v) is 7.01. The van der Waals surface area contributed by atoms with Gasteiger partial charge in [0.1, 0.15) is 0 Å². The molecule has 24 heavy (non-hydrogen) atoms. The molecule has 0 aliphatic carbocycles. The molecular weight excluding hydrogens is 312 g/mol. The zero-order chi connectivity index (χ0) is 17.7.